The van der Waals surface area contributed by atoms with E-state index in [-0.39, 0.29) is 23.7 Å². The third kappa shape index (κ3) is 4.62. The lowest BCUT2D eigenvalue weighted by Crippen LogP contribution is -2.36. The normalized spacial score (nSPS) is 10.1. The van der Waals surface area contributed by atoms with Gasteiger partial charge in [-0.1, -0.05) is 0 Å². The molecule has 1 aromatic carbocycles. The van der Waals surface area contributed by atoms with Gasteiger partial charge in [-0.15, -0.1) is 0 Å². The number of rotatable bonds is 6. The number of hydrogen-bond acceptors (Lipinski definition) is 5. The fourth-order valence-corrected chi connectivity index (χ4v) is 2.59. The van der Waals surface area contributed by atoms with Gasteiger partial charge in [0.2, 0.25) is 5.91 Å². The molecule has 2 rings (SSSR count). The molecule has 8 heteroatoms. The van der Waals surface area contributed by atoms with Crippen LogP contribution in [-0.4, -0.2) is 23.3 Å². The molecule has 1 heterocycles. The van der Waals surface area contributed by atoms with Crippen LogP contribution in [0, 0.1) is 17.0 Å². The van der Waals surface area contributed by atoms with E-state index in [4.69, 9.17) is 0 Å². The molecule has 0 aliphatic carbocycles. The van der Waals surface area contributed by atoms with Crippen molar-refractivity contribution in [3.63, 3.8) is 0 Å². The molecule has 0 fully saturated rings. The lowest BCUT2D eigenvalue weighted by molar-refractivity contribution is -0.385. The van der Waals surface area contributed by atoms with Crippen molar-refractivity contribution in [2.45, 2.75) is 13.5 Å². The van der Waals surface area contributed by atoms with Crippen molar-refractivity contribution in [2.24, 2.45) is 0 Å². The first-order valence-corrected chi connectivity index (χ1v) is 7.72. The van der Waals surface area contributed by atoms with Crippen molar-refractivity contribution in [3.8, 4) is 0 Å². The molecule has 0 radical (unpaired) electrons. The zero-order chi connectivity index (χ0) is 16.8. The summed E-state index contributed by atoms with van der Waals surface area (Å²) in [6, 6.07) is 5.98. The maximum atomic E-state index is 12.0. The number of benzene rings is 1. The van der Waals surface area contributed by atoms with Crippen LogP contribution >= 0.6 is 11.3 Å². The fraction of sp³-hybridized carbons (Fsp3) is 0.200. The number of aryl methyl sites for hydroxylation is 1. The number of nitrogens with zero attached hydrogens (tertiary/aromatic N) is 1. The number of nitro groups is 1. The molecule has 0 aliphatic heterocycles. The van der Waals surface area contributed by atoms with Crippen molar-refractivity contribution in [2.75, 3.05) is 6.54 Å². The first-order chi connectivity index (χ1) is 11.0. The molecular weight excluding hydrogens is 318 g/mol. The molecule has 2 N–H and O–H groups in total. The fourth-order valence-electron chi connectivity index (χ4n) is 1.92. The molecule has 2 amide bonds. The van der Waals surface area contributed by atoms with E-state index < -0.39 is 10.8 Å². The summed E-state index contributed by atoms with van der Waals surface area (Å²) in [6.07, 6.45) is 0. The lowest BCUT2D eigenvalue weighted by Gasteiger charge is -2.07. The SMILES string of the molecule is Cc1cc(C(=O)NCC(=O)NCc2ccsc2)ccc1[N+](=O)[O-]. The Morgan fingerprint density at radius 2 is 2.04 bits per heavy atom. The van der Waals surface area contributed by atoms with Gasteiger partial charge in [-0.25, -0.2) is 0 Å². The van der Waals surface area contributed by atoms with Crippen LogP contribution in [0.3, 0.4) is 0 Å². The molecule has 0 atom stereocenters. The first-order valence-electron chi connectivity index (χ1n) is 6.78. The molecule has 7 nitrogen and oxygen atoms in total. The summed E-state index contributed by atoms with van der Waals surface area (Å²) >= 11 is 1.54. The molecule has 0 aliphatic rings. The zero-order valence-corrected chi connectivity index (χ0v) is 13.2. The molecule has 0 spiro atoms. The van der Waals surface area contributed by atoms with E-state index in [1.165, 1.54) is 18.2 Å². The average molecular weight is 333 g/mol. The van der Waals surface area contributed by atoms with Crippen molar-refractivity contribution >= 4 is 28.8 Å². The summed E-state index contributed by atoms with van der Waals surface area (Å²) < 4.78 is 0. The minimum absolute atomic E-state index is 0.0462. The third-order valence-corrected chi connectivity index (χ3v) is 3.87. The highest BCUT2D eigenvalue weighted by molar-refractivity contribution is 7.07. The second-order valence-corrected chi connectivity index (χ2v) is 5.63. The Morgan fingerprint density at radius 3 is 2.65 bits per heavy atom. The molecule has 0 bridgehead atoms. The van der Waals surface area contributed by atoms with Crippen molar-refractivity contribution in [1.29, 1.82) is 0 Å². The third-order valence-electron chi connectivity index (χ3n) is 3.13. The van der Waals surface area contributed by atoms with Gasteiger partial charge in [0.05, 0.1) is 11.5 Å². The molecule has 0 unspecified atom stereocenters. The summed E-state index contributed by atoms with van der Waals surface area (Å²) in [4.78, 5) is 33.9. The highest BCUT2D eigenvalue weighted by atomic mass is 32.1. The van der Waals surface area contributed by atoms with Crippen molar-refractivity contribution in [1.82, 2.24) is 10.6 Å². The number of carbonyl (C=O) groups excluding carboxylic acids is 2. The molecule has 0 saturated carbocycles. The second-order valence-electron chi connectivity index (χ2n) is 4.85. The average Bonchev–Trinajstić information content (AvgIpc) is 3.03. The number of thiophene rings is 1. The first kappa shape index (κ1) is 16.6. The van der Waals surface area contributed by atoms with E-state index in [1.807, 2.05) is 16.8 Å². The summed E-state index contributed by atoms with van der Waals surface area (Å²) in [5, 5.41) is 19.8. The van der Waals surface area contributed by atoms with Gasteiger partial charge in [0.25, 0.3) is 11.6 Å². The van der Waals surface area contributed by atoms with E-state index in [9.17, 15) is 19.7 Å². The number of amides is 2. The van der Waals surface area contributed by atoms with Crippen LogP contribution in [0.5, 0.6) is 0 Å². The number of nitrogens with one attached hydrogen (secondary N) is 2. The Balaban J connectivity index is 1.85. The standard InChI is InChI=1S/C15H15N3O4S/c1-10-6-12(2-3-13(10)18(21)22)15(20)17-8-14(19)16-7-11-4-5-23-9-11/h2-6,9H,7-8H2,1H3,(H,16,19)(H,17,20). The van der Waals surface area contributed by atoms with Crippen LogP contribution < -0.4 is 10.6 Å². The molecule has 0 saturated heterocycles. The summed E-state index contributed by atoms with van der Waals surface area (Å²) in [7, 11) is 0. The molecular formula is C15H15N3O4S. The predicted molar refractivity (Wildman–Crippen MR) is 86.3 cm³/mol. The molecule has 23 heavy (non-hydrogen) atoms. The monoisotopic (exact) mass is 333 g/mol. The zero-order valence-electron chi connectivity index (χ0n) is 12.4. The molecule has 1 aromatic heterocycles. The Kier molecular flexibility index (Phi) is 5.42. The smallest absolute Gasteiger partial charge is 0.272 e. The van der Waals surface area contributed by atoms with Crippen LogP contribution in [0.2, 0.25) is 0 Å². The van der Waals surface area contributed by atoms with Crippen molar-refractivity contribution in [3.05, 3.63) is 61.8 Å². The summed E-state index contributed by atoms with van der Waals surface area (Å²) in [5.74, 6) is -0.753. The number of carbonyl (C=O) groups is 2. The van der Waals surface area contributed by atoms with Crippen LogP contribution in [0.4, 0.5) is 5.69 Å². The van der Waals surface area contributed by atoms with Gasteiger partial charge in [0.1, 0.15) is 0 Å². The number of nitro benzene ring substituents is 1. The van der Waals surface area contributed by atoms with Crippen LogP contribution in [0.1, 0.15) is 21.5 Å². The minimum atomic E-state index is -0.505. The Labute approximate surface area is 136 Å². The maximum absolute atomic E-state index is 12.0. The highest BCUT2D eigenvalue weighted by Gasteiger charge is 2.14. The largest absolute Gasteiger partial charge is 0.350 e. The van der Waals surface area contributed by atoms with E-state index >= 15 is 0 Å². The van der Waals surface area contributed by atoms with Gasteiger partial charge >= 0.3 is 0 Å². The quantitative estimate of drug-likeness (QED) is 0.623. The topological polar surface area (TPSA) is 101 Å². The highest BCUT2D eigenvalue weighted by Crippen LogP contribution is 2.18. The van der Waals surface area contributed by atoms with E-state index in [0.29, 0.717) is 12.1 Å². The van der Waals surface area contributed by atoms with Gasteiger partial charge in [-0.3, -0.25) is 19.7 Å². The Hall–Kier alpha value is -2.74. The molecule has 2 aromatic rings. The van der Waals surface area contributed by atoms with E-state index in [0.717, 1.165) is 5.56 Å². The van der Waals surface area contributed by atoms with Gasteiger partial charge in [-0.05, 0) is 41.4 Å². The lowest BCUT2D eigenvalue weighted by atomic mass is 10.1. The minimum Gasteiger partial charge on any atom is -0.350 e. The summed E-state index contributed by atoms with van der Waals surface area (Å²) in [5.41, 5.74) is 1.62. The van der Waals surface area contributed by atoms with Gasteiger partial charge < -0.3 is 10.6 Å². The Morgan fingerprint density at radius 1 is 1.26 bits per heavy atom. The van der Waals surface area contributed by atoms with Crippen molar-refractivity contribution < 1.29 is 14.5 Å². The maximum Gasteiger partial charge on any atom is 0.272 e. The number of hydrogen-bond donors (Lipinski definition) is 2. The summed E-state index contributed by atoms with van der Waals surface area (Å²) in [6.45, 7) is 1.82. The second kappa shape index (κ2) is 7.50. The van der Waals surface area contributed by atoms with Gasteiger partial charge in [-0.2, -0.15) is 11.3 Å². The van der Waals surface area contributed by atoms with E-state index in [1.54, 1.807) is 18.3 Å². The van der Waals surface area contributed by atoms with Gasteiger partial charge in [0, 0.05) is 23.7 Å². The van der Waals surface area contributed by atoms with Crippen LogP contribution in [-0.2, 0) is 11.3 Å². The molecule has 120 valence electrons. The van der Waals surface area contributed by atoms with Gasteiger partial charge in [0.15, 0.2) is 0 Å². The van der Waals surface area contributed by atoms with E-state index in [2.05, 4.69) is 10.6 Å². The Bertz CT molecular complexity index is 728. The van der Waals surface area contributed by atoms with Crippen LogP contribution in [0.25, 0.3) is 0 Å². The predicted octanol–water partition coefficient (Wildman–Crippen LogP) is 2.01. The van der Waals surface area contributed by atoms with Crippen LogP contribution in [0.15, 0.2) is 35.0 Å².